The molecule has 13 heteroatoms. The molecule has 0 saturated heterocycles. The molecular weight excluding hydrogens is 587 g/mol. The number of hydrogen-bond acceptors (Lipinski definition) is 7. The van der Waals surface area contributed by atoms with Crippen molar-refractivity contribution in [2.45, 2.75) is 63.2 Å². The minimum absolute atomic E-state index is 0.0101. The number of aromatic nitrogens is 3. The lowest BCUT2D eigenvalue weighted by Gasteiger charge is -2.31. The van der Waals surface area contributed by atoms with E-state index >= 15 is 0 Å². The molecule has 2 atom stereocenters. The molecule has 10 nitrogen and oxygen atoms in total. The average Bonchev–Trinajstić information content (AvgIpc) is 3.36. The van der Waals surface area contributed by atoms with Gasteiger partial charge in [0.1, 0.15) is 16.7 Å². The Morgan fingerprint density at radius 1 is 1.22 bits per heavy atom. The number of rotatable bonds is 8. The van der Waals surface area contributed by atoms with Crippen LogP contribution in [0, 0.1) is 6.92 Å². The van der Waals surface area contributed by atoms with Gasteiger partial charge in [-0.1, -0.05) is 40.5 Å². The van der Waals surface area contributed by atoms with Gasteiger partial charge in [0.15, 0.2) is 0 Å². The summed E-state index contributed by atoms with van der Waals surface area (Å²) >= 11 is 12.4. The quantitative estimate of drug-likeness (QED) is 0.400. The van der Waals surface area contributed by atoms with Gasteiger partial charge in [-0.15, -0.1) is 5.10 Å². The second-order valence-electron chi connectivity index (χ2n) is 10.6. The fourth-order valence-electron chi connectivity index (χ4n) is 5.08. The fourth-order valence-corrected chi connectivity index (χ4v) is 7.67. The third-order valence-electron chi connectivity index (χ3n) is 7.47. The zero-order valence-corrected chi connectivity index (χ0v) is 25.5. The number of carbonyl (C=O) groups is 1. The van der Waals surface area contributed by atoms with Crippen LogP contribution in [0.3, 0.4) is 0 Å². The Bertz CT molecular complexity index is 1580. The molecule has 1 amide bonds. The third kappa shape index (κ3) is 5.94. The molecule has 2 aliphatic rings. The third-order valence-corrected chi connectivity index (χ3v) is 10.1. The molecule has 2 aromatic carbocycles. The van der Waals surface area contributed by atoms with Gasteiger partial charge in [0.05, 0.1) is 23.4 Å². The molecule has 3 aromatic rings. The van der Waals surface area contributed by atoms with Gasteiger partial charge < -0.3 is 10.1 Å². The number of carbonyl (C=O) groups excluding carboxylic acids is 1. The molecule has 1 N–H and O–H groups in total. The van der Waals surface area contributed by atoms with Crippen molar-refractivity contribution in [1.29, 1.82) is 0 Å². The summed E-state index contributed by atoms with van der Waals surface area (Å²) in [5, 5.41) is 11.6. The molecule has 218 valence electrons. The Morgan fingerprint density at radius 3 is 2.73 bits per heavy atom. The Kier molecular flexibility index (Phi) is 8.34. The number of benzene rings is 2. The van der Waals surface area contributed by atoms with E-state index in [0.717, 1.165) is 27.7 Å². The highest BCUT2D eigenvalue weighted by Gasteiger charge is 2.38. The molecule has 0 saturated carbocycles. The largest absolute Gasteiger partial charge is 0.493 e. The lowest BCUT2D eigenvalue weighted by atomic mass is 9.98. The molecule has 0 bridgehead atoms. The lowest BCUT2D eigenvalue weighted by Crippen LogP contribution is -2.50. The maximum atomic E-state index is 13.7. The molecule has 2 aliphatic heterocycles. The second kappa shape index (κ2) is 11.6. The van der Waals surface area contributed by atoms with Crippen LogP contribution < -0.4 is 10.1 Å². The summed E-state index contributed by atoms with van der Waals surface area (Å²) in [6.07, 6.45) is 5.08. The van der Waals surface area contributed by atoms with Crippen LogP contribution in [-0.2, 0) is 27.8 Å². The number of halogens is 2. The summed E-state index contributed by atoms with van der Waals surface area (Å²) in [6.45, 7) is 7.26. The van der Waals surface area contributed by atoms with Crippen LogP contribution >= 0.6 is 23.2 Å². The highest BCUT2D eigenvalue weighted by atomic mass is 35.5. The number of nitrogens with one attached hydrogen (secondary N) is 1. The maximum absolute atomic E-state index is 13.7. The van der Waals surface area contributed by atoms with E-state index < -0.39 is 22.0 Å². The monoisotopic (exact) mass is 618 g/mol. The minimum Gasteiger partial charge on any atom is -0.493 e. The first-order chi connectivity index (χ1) is 19.5. The smallest absolute Gasteiger partial charge is 0.266 e. The molecular formula is C28H32Cl2N6O4S. The van der Waals surface area contributed by atoms with Crippen molar-refractivity contribution >= 4 is 39.1 Å². The number of hydrogen-bond donors (Lipinski definition) is 1. The highest BCUT2D eigenvalue weighted by Crippen LogP contribution is 2.36. The summed E-state index contributed by atoms with van der Waals surface area (Å²) in [5.41, 5.74) is 3.01. The SMILES string of the molecule is Cc1cc(Cl)cc(Cl)c1S(=O)(=O)N1C=CNC(=O)C1Cc1cn(C2CCOc3cc(CN(C)C(C)C)ccc32)nn1. The van der Waals surface area contributed by atoms with Crippen molar-refractivity contribution in [3.05, 3.63) is 81.4 Å². The van der Waals surface area contributed by atoms with E-state index in [1.54, 1.807) is 17.8 Å². The number of nitrogens with zero attached hydrogens (tertiary/aromatic N) is 5. The van der Waals surface area contributed by atoms with E-state index in [-0.39, 0.29) is 22.4 Å². The average molecular weight is 620 g/mol. The van der Waals surface area contributed by atoms with Crippen molar-refractivity contribution in [2.75, 3.05) is 13.7 Å². The van der Waals surface area contributed by atoms with Crippen molar-refractivity contribution in [1.82, 2.24) is 29.5 Å². The first-order valence-corrected chi connectivity index (χ1v) is 15.5. The Hall–Kier alpha value is -3.12. The van der Waals surface area contributed by atoms with Gasteiger partial charge >= 0.3 is 0 Å². The first kappa shape index (κ1) is 29.4. The molecule has 0 fully saturated rings. The molecule has 5 rings (SSSR count). The van der Waals surface area contributed by atoms with E-state index in [4.69, 9.17) is 27.9 Å². The van der Waals surface area contributed by atoms with Gasteiger partial charge in [-0.05, 0) is 57.1 Å². The van der Waals surface area contributed by atoms with Gasteiger partial charge in [-0.2, -0.15) is 0 Å². The van der Waals surface area contributed by atoms with Crippen molar-refractivity contribution in [3.63, 3.8) is 0 Å². The van der Waals surface area contributed by atoms with Gasteiger partial charge in [-0.3, -0.25) is 14.0 Å². The van der Waals surface area contributed by atoms with Crippen molar-refractivity contribution < 1.29 is 17.9 Å². The lowest BCUT2D eigenvalue weighted by molar-refractivity contribution is -0.124. The number of fused-ring (bicyclic) bond motifs is 1. The molecule has 0 radical (unpaired) electrons. The fraction of sp³-hybridized carbons (Fsp3) is 0.393. The minimum atomic E-state index is -4.19. The predicted octanol–water partition coefficient (Wildman–Crippen LogP) is 4.31. The summed E-state index contributed by atoms with van der Waals surface area (Å²) in [7, 11) is -2.11. The van der Waals surface area contributed by atoms with Gasteiger partial charge in [-0.25, -0.2) is 13.1 Å². The molecule has 3 heterocycles. The summed E-state index contributed by atoms with van der Waals surface area (Å²) < 4.78 is 36.2. The topological polar surface area (TPSA) is 110 Å². The maximum Gasteiger partial charge on any atom is 0.266 e. The Morgan fingerprint density at radius 2 is 2.00 bits per heavy atom. The van der Waals surface area contributed by atoms with E-state index in [2.05, 4.69) is 59.6 Å². The van der Waals surface area contributed by atoms with Crippen LogP contribution in [0.1, 0.15) is 48.7 Å². The van der Waals surface area contributed by atoms with Crippen molar-refractivity contribution in [3.8, 4) is 5.75 Å². The molecule has 0 spiro atoms. The van der Waals surface area contributed by atoms with Crippen LogP contribution in [-0.4, -0.2) is 64.3 Å². The number of aryl methyl sites for hydroxylation is 1. The Balaban J connectivity index is 1.39. The number of amides is 1. The number of sulfonamides is 1. The Labute approximate surface area is 249 Å². The van der Waals surface area contributed by atoms with Gasteiger partial charge in [0.2, 0.25) is 5.91 Å². The number of ether oxygens (including phenoxy) is 1. The molecule has 2 unspecified atom stereocenters. The van der Waals surface area contributed by atoms with Crippen LogP contribution in [0.25, 0.3) is 0 Å². The first-order valence-electron chi connectivity index (χ1n) is 13.3. The van der Waals surface area contributed by atoms with E-state index in [9.17, 15) is 13.2 Å². The summed E-state index contributed by atoms with van der Waals surface area (Å²) in [6, 6.07) is 8.35. The zero-order chi connectivity index (χ0) is 29.5. The van der Waals surface area contributed by atoms with Crippen LogP contribution in [0.4, 0.5) is 0 Å². The highest BCUT2D eigenvalue weighted by molar-refractivity contribution is 7.89. The van der Waals surface area contributed by atoms with Crippen LogP contribution in [0.5, 0.6) is 5.75 Å². The van der Waals surface area contributed by atoms with Gasteiger partial charge in [0, 0.05) is 54.6 Å². The van der Waals surface area contributed by atoms with E-state index in [1.165, 1.54) is 24.5 Å². The second-order valence-corrected chi connectivity index (χ2v) is 13.3. The predicted molar refractivity (Wildman–Crippen MR) is 156 cm³/mol. The van der Waals surface area contributed by atoms with Crippen molar-refractivity contribution in [2.24, 2.45) is 0 Å². The normalized spacial score (nSPS) is 18.9. The molecule has 0 aliphatic carbocycles. The van der Waals surface area contributed by atoms with E-state index in [1.807, 2.05) is 0 Å². The molecule has 1 aromatic heterocycles. The van der Waals surface area contributed by atoms with E-state index in [0.29, 0.717) is 35.3 Å². The summed E-state index contributed by atoms with van der Waals surface area (Å²) in [4.78, 5) is 15.1. The van der Waals surface area contributed by atoms with Crippen LogP contribution in [0.15, 0.2) is 53.8 Å². The summed E-state index contributed by atoms with van der Waals surface area (Å²) in [5.74, 6) is 0.334. The standard InChI is InChI=1S/C28H32Cl2N6O4S/c1-17(2)34(4)15-19-5-6-22-24(7-10-40-26(22)12-19)35-16-21(32-33-35)14-25-28(37)31-8-9-36(25)41(38,39)27-18(3)11-20(29)13-23(27)30/h5-6,8-9,11-13,16-17,24-25H,7,10,14-15H2,1-4H3,(H,31,37). The molecule has 41 heavy (non-hydrogen) atoms. The van der Waals surface area contributed by atoms with Crippen LogP contribution in [0.2, 0.25) is 10.0 Å². The zero-order valence-electron chi connectivity index (χ0n) is 23.2. The van der Waals surface area contributed by atoms with Gasteiger partial charge in [0.25, 0.3) is 10.0 Å².